The summed E-state index contributed by atoms with van der Waals surface area (Å²) in [5.41, 5.74) is 3.22. The molecule has 2 aliphatic heterocycles. The summed E-state index contributed by atoms with van der Waals surface area (Å²) in [7, 11) is -2.59. The number of amides is 3. The first-order valence-corrected chi connectivity index (χ1v) is 10.8. The van der Waals surface area contributed by atoms with Crippen LogP contribution in [-0.2, 0) is 15.0 Å². The van der Waals surface area contributed by atoms with Gasteiger partial charge in [-0.05, 0) is 29.7 Å². The molecular weight excluding hydrogens is 417 g/mol. The standard InChI is InChI=1S/C18H24FN5O5S/c1-20-18(26)22-10-11-24(16(12-22)17(25)21-27)30(28,29)23-8-6-14(7-9-23)13-2-4-15(19)5-3-13/h2-6,16,27H,7-12H2,1H3,(H,20,26)(H,21,25)/t16-/m1/s1. The molecule has 164 valence electrons. The maximum Gasteiger partial charge on any atom is 0.317 e. The molecule has 0 bridgehead atoms. The molecular formula is C18H24FN5O5S. The molecule has 1 fully saturated rings. The van der Waals surface area contributed by atoms with Crippen molar-refractivity contribution in [3.8, 4) is 0 Å². The van der Waals surface area contributed by atoms with E-state index >= 15 is 0 Å². The van der Waals surface area contributed by atoms with Gasteiger partial charge in [0.2, 0.25) is 0 Å². The first-order chi connectivity index (χ1) is 14.3. The Labute approximate surface area is 174 Å². The summed E-state index contributed by atoms with van der Waals surface area (Å²) < 4.78 is 41.8. The fourth-order valence-corrected chi connectivity index (χ4v) is 5.29. The monoisotopic (exact) mass is 441 g/mol. The first-order valence-electron chi connectivity index (χ1n) is 9.40. The van der Waals surface area contributed by atoms with E-state index in [4.69, 9.17) is 5.21 Å². The number of nitrogens with one attached hydrogen (secondary N) is 2. The molecule has 0 saturated carbocycles. The third-order valence-electron chi connectivity index (χ3n) is 5.25. The van der Waals surface area contributed by atoms with Crippen LogP contribution in [0.1, 0.15) is 12.0 Å². The zero-order valence-electron chi connectivity index (χ0n) is 16.4. The molecule has 0 aromatic heterocycles. The number of urea groups is 1. The third kappa shape index (κ3) is 4.46. The molecule has 3 amide bonds. The molecule has 3 N–H and O–H groups in total. The minimum absolute atomic E-state index is 0.0845. The summed E-state index contributed by atoms with van der Waals surface area (Å²) in [6.45, 7) is 0.125. The van der Waals surface area contributed by atoms with Gasteiger partial charge in [0.05, 0.1) is 0 Å². The van der Waals surface area contributed by atoms with Gasteiger partial charge < -0.3 is 10.2 Å². The molecule has 1 saturated heterocycles. The average molecular weight is 441 g/mol. The van der Waals surface area contributed by atoms with Crippen molar-refractivity contribution >= 4 is 27.7 Å². The summed E-state index contributed by atoms with van der Waals surface area (Å²) in [5, 5.41) is 11.5. The van der Waals surface area contributed by atoms with Crippen molar-refractivity contribution in [2.24, 2.45) is 0 Å². The van der Waals surface area contributed by atoms with Crippen LogP contribution >= 0.6 is 0 Å². The van der Waals surface area contributed by atoms with E-state index in [9.17, 15) is 22.4 Å². The number of carbonyl (C=O) groups is 2. The molecule has 2 aliphatic rings. The van der Waals surface area contributed by atoms with Crippen LogP contribution < -0.4 is 10.8 Å². The van der Waals surface area contributed by atoms with Crippen LogP contribution in [0.25, 0.3) is 5.57 Å². The van der Waals surface area contributed by atoms with Gasteiger partial charge in [-0.2, -0.15) is 17.0 Å². The average Bonchev–Trinajstić information content (AvgIpc) is 2.78. The van der Waals surface area contributed by atoms with E-state index in [2.05, 4.69) is 5.32 Å². The van der Waals surface area contributed by atoms with Gasteiger partial charge in [0, 0.05) is 39.8 Å². The summed E-state index contributed by atoms with van der Waals surface area (Å²) >= 11 is 0. The van der Waals surface area contributed by atoms with Gasteiger partial charge in [-0.1, -0.05) is 18.2 Å². The lowest BCUT2D eigenvalue weighted by Gasteiger charge is -2.41. The van der Waals surface area contributed by atoms with Crippen LogP contribution in [0.2, 0.25) is 0 Å². The van der Waals surface area contributed by atoms with E-state index in [1.165, 1.54) is 33.9 Å². The SMILES string of the molecule is CNC(=O)N1CCN(S(=O)(=O)N2CC=C(c3ccc(F)cc3)CC2)[C@@H](C(=O)NO)C1. The normalized spacial score (nSPS) is 21.1. The summed E-state index contributed by atoms with van der Waals surface area (Å²) in [6, 6.07) is 4.30. The summed E-state index contributed by atoms with van der Waals surface area (Å²) in [6.07, 6.45) is 2.19. The molecule has 0 unspecified atom stereocenters. The second kappa shape index (κ2) is 9.08. The molecule has 0 spiro atoms. The fourth-order valence-electron chi connectivity index (χ4n) is 3.61. The number of hydrogen-bond donors (Lipinski definition) is 3. The third-order valence-corrected chi connectivity index (χ3v) is 7.27. The maximum absolute atomic E-state index is 13.2. The Morgan fingerprint density at radius 3 is 2.43 bits per heavy atom. The van der Waals surface area contributed by atoms with E-state index in [1.807, 2.05) is 0 Å². The lowest BCUT2D eigenvalue weighted by atomic mass is 10.0. The maximum atomic E-state index is 13.2. The van der Waals surface area contributed by atoms with E-state index in [-0.39, 0.29) is 38.5 Å². The summed E-state index contributed by atoms with van der Waals surface area (Å²) in [5.74, 6) is -1.25. The molecule has 1 aromatic carbocycles. The van der Waals surface area contributed by atoms with Crippen molar-refractivity contribution < 1.29 is 27.6 Å². The Balaban J connectivity index is 1.77. The Bertz CT molecular complexity index is 937. The van der Waals surface area contributed by atoms with Crippen molar-refractivity contribution in [1.29, 1.82) is 0 Å². The van der Waals surface area contributed by atoms with Crippen LogP contribution in [-0.4, -0.2) is 84.9 Å². The van der Waals surface area contributed by atoms with Crippen LogP contribution in [0.3, 0.4) is 0 Å². The van der Waals surface area contributed by atoms with Crippen molar-refractivity contribution in [2.75, 3.05) is 39.8 Å². The van der Waals surface area contributed by atoms with Crippen LogP contribution in [0.15, 0.2) is 30.3 Å². The molecule has 1 aromatic rings. The lowest BCUT2D eigenvalue weighted by Crippen LogP contribution is -2.64. The topological polar surface area (TPSA) is 122 Å². The number of hydroxylamine groups is 1. The highest BCUT2D eigenvalue weighted by atomic mass is 32.2. The fraction of sp³-hybridized carbons (Fsp3) is 0.444. The van der Waals surface area contributed by atoms with Crippen LogP contribution in [0, 0.1) is 5.82 Å². The highest BCUT2D eigenvalue weighted by Gasteiger charge is 2.43. The quantitative estimate of drug-likeness (QED) is 0.448. The number of carbonyl (C=O) groups excluding carboxylic acids is 2. The van der Waals surface area contributed by atoms with Gasteiger partial charge >= 0.3 is 6.03 Å². The number of hydrogen-bond acceptors (Lipinski definition) is 5. The predicted molar refractivity (Wildman–Crippen MR) is 106 cm³/mol. The number of halogens is 1. The molecule has 0 aliphatic carbocycles. The number of rotatable bonds is 4. The molecule has 3 rings (SSSR count). The molecule has 2 heterocycles. The molecule has 12 heteroatoms. The minimum atomic E-state index is -4.03. The molecule has 0 radical (unpaired) electrons. The van der Waals surface area contributed by atoms with Gasteiger partial charge in [-0.15, -0.1) is 0 Å². The smallest absolute Gasteiger partial charge is 0.317 e. The van der Waals surface area contributed by atoms with Gasteiger partial charge in [0.15, 0.2) is 0 Å². The second-order valence-electron chi connectivity index (χ2n) is 6.96. The Kier molecular flexibility index (Phi) is 6.71. The van der Waals surface area contributed by atoms with Gasteiger partial charge in [0.1, 0.15) is 11.9 Å². The van der Waals surface area contributed by atoms with Gasteiger partial charge in [-0.3, -0.25) is 10.0 Å². The van der Waals surface area contributed by atoms with Crippen LogP contribution in [0.5, 0.6) is 0 Å². The summed E-state index contributed by atoms with van der Waals surface area (Å²) in [4.78, 5) is 25.3. The van der Waals surface area contributed by atoms with E-state index in [0.717, 1.165) is 15.4 Å². The van der Waals surface area contributed by atoms with Crippen molar-refractivity contribution in [1.82, 2.24) is 24.3 Å². The van der Waals surface area contributed by atoms with Crippen LogP contribution in [0.4, 0.5) is 9.18 Å². The van der Waals surface area contributed by atoms with E-state index < -0.39 is 28.2 Å². The predicted octanol–water partition coefficient (Wildman–Crippen LogP) is -0.00940. The van der Waals surface area contributed by atoms with Gasteiger partial charge in [0.25, 0.3) is 16.1 Å². The van der Waals surface area contributed by atoms with E-state index in [0.29, 0.717) is 6.42 Å². The minimum Gasteiger partial charge on any atom is -0.341 e. The number of benzene rings is 1. The zero-order valence-corrected chi connectivity index (χ0v) is 17.2. The molecule has 10 nitrogen and oxygen atoms in total. The largest absolute Gasteiger partial charge is 0.341 e. The lowest BCUT2D eigenvalue weighted by molar-refractivity contribution is -0.134. The van der Waals surface area contributed by atoms with Crippen molar-refractivity contribution in [3.05, 3.63) is 41.7 Å². The highest BCUT2D eigenvalue weighted by Crippen LogP contribution is 2.26. The first kappa shape index (κ1) is 22.2. The van der Waals surface area contributed by atoms with Crippen molar-refractivity contribution in [2.45, 2.75) is 12.5 Å². The van der Waals surface area contributed by atoms with Crippen molar-refractivity contribution in [3.63, 3.8) is 0 Å². The Morgan fingerprint density at radius 1 is 1.17 bits per heavy atom. The molecule has 30 heavy (non-hydrogen) atoms. The second-order valence-corrected chi connectivity index (χ2v) is 8.84. The van der Waals surface area contributed by atoms with E-state index in [1.54, 1.807) is 18.2 Å². The number of nitrogens with zero attached hydrogens (tertiary/aromatic N) is 3. The molecule has 1 atom stereocenters. The Morgan fingerprint density at radius 2 is 1.87 bits per heavy atom. The highest BCUT2D eigenvalue weighted by molar-refractivity contribution is 7.86. The zero-order chi connectivity index (χ0) is 21.9. The number of piperazine rings is 1. The Hall–Kier alpha value is -2.54. The van der Waals surface area contributed by atoms with Gasteiger partial charge in [-0.25, -0.2) is 14.7 Å².